The molecule has 160 valence electrons. The molecule has 1 aromatic heterocycles. The van der Waals surface area contributed by atoms with E-state index in [2.05, 4.69) is 10.3 Å². The van der Waals surface area contributed by atoms with E-state index < -0.39 is 17.6 Å². The van der Waals surface area contributed by atoms with E-state index in [0.29, 0.717) is 22.4 Å². The molecule has 0 spiro atoms. The summed E-state index contributed by atoms with van der Waals surface area (Å²) in [6.07, 6.45) is 0. The third-order valence-corrected chi connectivity index (χ3v) is 5.21. The third-order valence-electron chi connectivity index (χ3n) is 5.21. The Labute approximate surface area is 182 Å². The lowest BCUT2D eigenvalue weighted by Gasteiger charge is -2.13. The fraction of sp³-hybridized carbons (Fsp3) is 0.0833. The number of nitrogens with one attached hydrogen (secondary N) is 1. The Morgan fingerprint density at radius 2 is 1.69 bits per heavy atom. The zero-order valence-electron chi connectivity index (χ0n) is 17.3. The maximum Gasteiger partial charge on any atom is 0.265 e. The van der Waals surface area contributed by atoms with Crippen molar-refractivity contribution in [3.63, 3.8) is 0 Å². The number of aryl methyl sites for hydroxylation is 1. The number of para-hydroxylation sites is 1. The smallest absolute Gasteiger partial charge is 0.265 e. The Bertz CT molecular complexity index is 1440. The first kappa shape index (κ1) is 20.9. The maximum atomic E-state index is 14.1. The van der Waals surface area contributed by atoms with Crippen molar-refractivity contribution >= 4 is 28.4 Å². The van der Waals surface area contributed by atoms with Crippen LogP contribution >= 0.6 is 0 Å². The Kier molecular flexibility index (Phi) is 5.28. The van der Waals surface area contributed by atoms with Crippen LogP contribution in [0.2, 0.25) is 0 Å². The van der Waals surface area contributed by atoms with Crippen LogP contribution in [0.15, 0.2) is 65.5 Å². The molecule has 0 unspecified atom stereocenters. The maximum absolute atomic E-state index is 14.1. The molecule has 0 bridgehead atoms. The zero-order chi connectivity index (χ0) is 23.0. The number of halogens is 1. The number of rotatable bonds is 4. The Balaban J connectivity index is 1.66. The second-order valence-corrected chi connectivity index (χ2v) is 7.31. The lowest BCUT2D eigenvalue weighted by atomic mass is 10.1. The Hall–Kier alpha value is -4.33. The van der Waals surface area contributed by atoms with Crippen molar-refractivity contribution in [3.8, 4) is 5.69 Å². The van der Waals surface area contributed by atoms with Gasteiger partial charge in [0.05, 0.1) is 16.6 Å². The Morgan fingerprint density at radius 1 is 1.00 bits per heavy atom. The van der Waals surface area contributed by atoms with Crippen molar-refractivity contribution < 1.29 is 14.0 Å². The first-order valence-electron chi connectivity index (χ1n) is 9.76. The minimum Gasteiger partial charge on any atom is -0.366 e. The van der Waals surface area contributed by atoms with Gasteiger partial charge in [-0.2, -0.15) is 0 Å². The number of amides is 2. The largest absolute Gasteiger partial charge is 0.366 e. The van der Waals surface area contributed by atoms with Gasteiger partial charge in [0, 0.05) is 22.4 Å². The summed E-state index contributed by atoms with van der Waals surface area (Å²) in [6, 6.07) is 15.8. The van der Waals surface area contributed by atoms with Gasteiger partial charge in [-0.15, -0.1) is 0 Å². The highest BCUT2D eigenvalue weighted by Gasteiger charge is 2.15. The molecule has 0 saturated heterocycles. The average Bonchev–Trinajstić information content (AvgIpc) is 2.77. The summed E-state index contributed by atoms with van der Waals surface area (Å²) in [5, 5.41) is 3.09. The van der Waals surface area contributed by atoms with Crippen LogP contribution in [-0.2, 0) is 0 Å². The van der Waals surface area contributed by atoms with Gasteiger partial charge in [-0.05, 0) is 62.4 Å². The number of carbonyl (C=O) groups excluding carboxylic acids is 2. The lowest BCUT2D eigenvalue weighted by Crippen LogP contribution is -2.22. The molecule has 7 nitrogen and oxygen atoms in total. The number of hydrogen-bond donors (Lipinski definition) is 2. The van der Waals surface area contributed by atoms with Gasteiger partial charge < -0.3 is 11.1 Å². The van der Waals surface area contributed by atoms with Crippen LogP contribution in [0, 0.1) is 19.7 Å². The topological polar surface area (TPSA) is 107 Å². The fourth-order valence-electron chi connectivity index (χ4n) is 3.46. The summed E-state index contributed by atoms with van der Waals surface area (Å²) < 4.78 is 15.6. The van der Waals surface area contributed by atoms with E-state index in [1.54, 1.807) is 49.4 Å². The molecule has 1 heterocycles. The number of aromatic nitrogens is 2. The summed E-state index contributed by atoms with van der Waals surface area (Å²) in [7, 11) is 0. The third kappa shape index (κ3) is 3.74. The van der Waals surface area contributed by atoms with Gasteiger partial charge in [0.2, 0.25) is 5.91 Å². The van der Waals surface area contributed by atoms with Gasteiger partial charge in [-0.25, -0.2) is 9.37 Å². The van der Waals surface area contributed by atoms with Gasteiger partial charge >= 0.3 is 0 Å². The lowest BCUT2D eigenvalue weighted by molar-refractivity contribution is 0.0995. The van der Waals surface area contributed by atoms with Gasteiger partial charge in [0.15, 0.2) is 0 Å². The zero-order valence-corrected chi connectivity index (χ0v) is 17.3. The molecule has 0 atom stereocenters. The molecule has 0 aliphatic rings. The molecule has 0 fully saturated rings. The highest BCUT2D eigenvalue weighted by Crippen LogP contribution is 2.22. The molecular formula is C24H19FN4O3. The van der Waals surface area contributed by atoms with E-state index in [1.165, 1.54) is 17.6 Å². The number of nitrogens with zero attached hydrogens (tertiary/aromatic N) is 2. The number of fused-ring (bicyclic) bond motifs is 1. The molecule has 32 heavy (non-hydrogen) atoms. The van der Waals surface area contributed by atoms with Crippen LogP contribution in [0.5, 0.6) is 0 Å². The standard InChI is InChI=1S/C24H19FN4O3/c1-13-19(25)11-16(22(26)30)12-21(13)28-23(31)15-7-9-17(10-8-15)29-14(2)27-20-6-4-3-5-18(20)24(29)32/h3-12H,1-2H3,(H2,26,30)(H,28,31). The number of nitrogens with two attached hydrogens (primary N) is 1. The summed E-state index contributed by atoms with van der Waals surface area (Å²) >= 11 is 0. The minimum atomic E-state index is -0.798. The molecule has 2 amide bonds. The van der Waals surface area contributed by atoms with Crippen LogP contribution in [0.3, 0.4) is 0 Å². The monoisotopic (exact) mass is 430 g/mol. The molecule has 0 aliphatic heterocycles. The van der Waals surface area contributed by atoms with Crippen molar-refractivity contribution in [1.29, 1.82) is 0 Å². The van der Waals surface area contributed by atoms with Crippen LogP contribution in [0.1, 0.15) is 32.1 Å². The second kappa shape index (κ2) is 8.07. The number of benzene rings is 3. The summed E-state index contributed by atoms with van der Waals surface area (Å²) in [5.41, 5.74) is 6.77. The highest BCUT2D eigenvalue weighted by molar-refractivity contribution is 6.05. The predicted molar refractivity (Wildman–Crippen MR) is 120 cm³/mol. The molecule has 4 rings (SSSR count). The van der Waals surface area contributed by atoms with Crippen molar-refractivity contribution in [3.05, 3.63) is 99.3 Å². The van der Waals surface area contributed by atoms with E-state index in [1.807, 2.05) is 6.07 Å². The van der Waals surface area contributed by atoms with E-state index in [-0.39, 0.29) is 27.9 Å². The summed E-state index contributed by atoms with van der Waals surface area (Å²) in [4.78, 5) is 41.5. The SMILES string of the molecule is Cc1c(F)cc(C(N)=O)cc1NC(=O)c1ccc(-n2c(C)nc3ccccc3c2=O)cc1. The van der Waals surface area contributed by atoms with Crippen molar-refractivity contribution in [2.45, 2.75) is 13.8 Å². The normalized spacial score (nSPS) is 10.8. The number of hydrogen-bond acceptors (Lipinski definition) is 4. The highest BCUT2D eigenvalue weighted by atomic mass is 19.1. The Morgan fingerprint density at radius 3 is 2.38 bits per heavy atom. The summed E-state index contributed by atoms with van der Waals surface area (Å²) in [5.74, 6) is -1.43. The van der Waals surface area contributed by atoms with Gasteiger partial charge in [0.25, 0.3) is 11.5 Å². The second-order valence-electron chi connectivity index (χ2n) is 7.31. The van der Waals surface area contributed by atoms with Gasteiger partial charge in [-0.3, -0.25) is 19.0 Å². The molecule has 4 aromatic rings. The number of anilines is 1. The minimum absolute atomic E-state index is 0.0441. The van der Waals surface area contributed by atoms with Gasteiger partial charge in [-0.1, -0.05) is 12.1 Å². The van der Waals surface area contributed by atoms with Gasteiger partial charge in [0.1, 0.15) is 11.6 Å². The fourth-order valence-corrected chi connectivity index (χ4v) is 3.46. The van der Waals surface area contributed by atoms with Crippen molar-refractivity contribution in [2.75, 3.05) is 5.32 Å². The molecule has 8 heteroatoms. The molecule has 3 aromatic carbocycles. The summed E-state index contributed by atoms with van der Waals surface area (Å²) in [6.45, 7) is 3.22. The molecule has 0 saturated carbocycles. The van der Waals surface area contributed by atoms with Crippen LogP contribution < -0.4 is 16.6 Å². The van der Waals surface area contributed by atoms with E-state index in [4.69, 9.17) is 5.73 Å². The van der Waals surface area contributed by atoms with Crippen molar-refractivity contribution in [1.82, 2.24) is 9.55 Å². The predicted octanol–water partition coefficient (Wildman–Crippen LogP) is 3.49. The number of primary amides is 1. The quantitative estimate of drug-likeness (QED) is 0.517. The first-order valence-corrected chi connectivity index (χ1v) is 9.76. The van der Waals surface area contributed by atoms with Crippen LogP contribution in [0.4, 0.5) is 10.1 Å². The van der Waals surface area contributed by atoms with E-state index >= 15 is 0 Å². The number of carbonyl (C=O) groups is 2. The molecular weight excluding hydrogens is 411 g/mol. The van der Waals surface area contributed by atoms with Crippen LogP contribution in [0.25, 0.3) is 16.6 Å². The average molecular weight is 430 g/mol. The van der Waals surface area contributed by atoms with E-state index in [9.17, 15) is 18.8 Å². The molecule has 3 N–H and O–H groups in total. The van der Waals surface area contributed by atoms with E-state index in [0.717, 1.165) is 6.07 Å². The first-order chi connectivity index (χ1) is 15.3. The molecule has 0 aliphatic carbocycles. The molecule has 0 radical (unpaired) electrons. The van der Waals surface area contributed by atoms with Crippen molar-refractivity contribution in [2.24, 2.45) is 5.73 Å². The van der Waals surface area contributed by atoms with Crippen LogP contribution in [-0.4, -0.2) is 21.4 Å².